The Kier molecular flexibility index (Phi) is 4.78. The number of nitrogens with zero attached hydrogens (tertiary/aromatic N) is 1. The van der Waals surface area contributed by atoms with Crippen LogP contribution in [-0.4, -0.2) is 23.7 Å². The van der Waals surface area contributed by atoms with Gasteiger partial charge in [-0.15, -0.1) is 0 Å². The minimum Gasteiger partial charge on any atom is -0.494 e. The monoisotopic (exact) mass is 290 g/mol. The largest absolute Gasteiger partial charge is 0.494 e. The summed E-state index contributed by atoms with van der Waals surface area (Å²) in [7, 11) is 1.42. The molecule has 2 rings (SSSR count). The highest BCUT2D eigenvalue weighted by Gasteiger charge is 2.10. The van der Waals surface area contributed by atoms with E-state index in [1.165, 1.54) is 13.4 Å². The molecule has 0 aliphatic rings. The maximum atomic E-state index is 11.6. The Morgan fingerprint density at radius 2 is 2.24 bits per heavy atom. The number of ether oxygens (including phenoxy) is 2. The van der Waals surface area contributed by atoms with Crippen molar-refractivity contribution in [2.75, 3.05) is 19.0 Å². The van der Waals surface area contributed by atoms with Crippen LogP contribution in [0.4, 0.5) is 11.5 Å². The molecule has 4 N–H and O–H groups in total. The molecule has 1 aromatic carbocycles. The number of anilines is 2. The molecule has 0 fully saturated rings. The number of rotatable bonds is 6. The van der Waals surface area contributed by atoms with E-state index in [-0.39, 0.29) is 11.3 Å². The van der Waals surface area contributed by atoms with Crippen LogP contribution in [0.1, 0.15) is 12.5 Å². The van der Waals surface area contributed by atoms with Crippen molar-refractivity contribution in [3.8, 4) is 11.5 Å². The molecule has 0 aliphatic heterocycles. The topological polar surface area (TPSA) is 102 Å². The molecule has 1 aromatic heterocycles. The van der Waals surface area contributed by atoms with E-state index in [9.17, 15) is 4.79 Å². The zero-order valence-electron chi connectivity index (χ0n) is 12.0. The second-order valence-electron chi connectivity index (χ2n) is 4.20. The van der Waals surface area contributed by atoms with E-state index in [0.717, 1.165) is 17.0 Å². The molecule has 7 nitrogen and oxygen atoms in total. The van der Waals surface area contributed by atoms with Gasteiger partial charge in [0.25, 0.3) is 5.56 Å². The van der Waals surface area contributed by atoms with Crippen LogP contribution < -0.4 is 26.1 Å². The molecule has 112 valence electrons. The summed E-state index contributed by atoms with van der Waals surface area (Å²) in [4.78, 5) is 18.1. The predicted molar refractivity (Wildman–Crippen MR) is 80.2 cm³/mol. The van der Waals surface area contributed by atoms with Gasteiger partial charge in [0.2, 0.25) is 5.75 Å². The molecule has 0 radical (unpaired) electrons. The van der Waals surface area contributed by atoms with Crippen molar-refractivity contribution >= 4 is 11.5 Å². The van der Waals surface area contributed by atoms with Crippen molar-refractivity contribution in [2.45, 2.75) is 13.5 Å². The third-order valence-electron chi connectivity index (χ3n) is 2.86. The molecular weight excluding hydrogens is 272 g/mol. The first-order valence-corrected chi connectivity index (χ1v) is 6.54. The maximum absolute atomic E-state index is 11.6. The van der Waals surface area contributed by atoms with Gasteiger partial charge in [0.1, 0.15) is 5.75 Å². The van der Waals surface area contributed by atoms with E-state index < -0.39 is 0 Å². The summed E-state index contributed by atoms with van der Waals surface area (Å²) < 4.78 is 10.5. The second kappa shape index (κ2) is 6.76. The van der Waals surface area contributed by atoms with Crippen molar-refractivity contribution in [3.05, 3.63) is 40.4 Å². The molecule has 0 amide bonds. The van der Waals surface area contributed by atoms with Crippen LogP contribution in [0.15, 0.2) is 29.3 Å². The molecule has 0 saturated carbocycles. The first kappa shape index (κ1) is 14.9. The highest BCUT2D eigenvalue weighted by molar-refractivity contribution is 5.63. The van der Waals surface area contributed by atoms with Gasteiger partial charge in [0.15, 0.2) is 5.82 Å². The van der Waals surface area contributed by atoms with Gasteiger partial charge in [-0.25, -0.2) is 4.98 Å². The third kappa shape index (κ3) is 3.32. The fraction of sp³-hybridized carbons (Fsp3) is 0.286. The van der Waals surface area contributed by atoms with E-state index in [2.05, 4.69) is 15.3 Å². The normalized spacial score (nSPS) is 10.2. The van der Waals surface area contributed by atoms with Crippen molar-refractivity contribution in [2.24, 2.45) is 5.73 Å². The number of benzene rings is 1. The van der Waals surface area contributed by atoms with Crippen molar-refractivity contribution in [1.82, 2.24) is 9.97 Å². The zero-order valence-corrected chi connectivity index (χ0v) is 12.0. The Morgan fingerprint density at radius 3 is 2.90 bits per heavy atom. The van der Waals surface area contributed by atoms with Crippen LogP contribution in [0.5, 0.6) is 11.5 Å². The molecule has 0 bridgehead atoms. The zero-order chi connectivity index (χ0) is 15.2. The lowest BCUT2D eigenvalue weighted by Crippen LogP contribution is -2.12. The summed E-state index contributed by atoms with van der Waals surface area (Å²) in [6.45, 7) is 2.84. The van der Waals surface area contributed by atoms with Crippen LogP contribution in [-0.2, 0) is 6.54 Å². The van der Waals surface area contributed by atoms with Gasteiger partial charge < -0.3 is 25.5 Å². The molecule has 2 aromatic rings. The van der Waals surface area contributed by atoms with Crippen LogP contribution in [0.25, 0.3) is 0 Å². The second-order valence-corrected chi connectivity index (χ2v) is 4.20. The molecule has 0 aliphatic carbocycles. The van der Waals surface area contributed by atoms with Crippen LogP contribution in [0.3, 0.4) is 0 Å². The molecule has 7 heteroatoms. The highest BCUT2D eigenvalue weighted by Crippen LogP contribution is 2.26. The Labute approximate surface area is 122 Å². The SMILES string of the molecule is CCOc1ccc(Nc2nc[nH]c(=O)c2OC)cc1CN. The molecule has 0 spiro atoms. The predicted octanol–water partition coefficient (Wildman–Crippen LogP) is 1.38. The van der Waals surface area contributed by atoms with E-state index in [0.29, 0.717) is 19.0 Å². The first-order chi connectivity index (χ1) is 10.2. The molecule has 1 heterocycles. The average molecular weight is 290 g/mol. The van der Waals surface area contributed by atoms with E-state index in [4.69, 9.17) is 15.2 Å². The summed E-state index contributed by atoms with van der Waals surface area (Å²) in [5.41, 5.74) is 6.99. The lowest BCUT2D eigenvalue weighted by molar-refractivity contribution is 0.336. The number of nitrogens with two attached hydrogens (primary N) is 1. The van der Waals surface area contributed by atoms with Crippen LogP contribution >= 0.6 is 0 Å². The maximum Gasteiger partial charge on any atom is 0.295 e. The summed E-state index contributed by atoms with van der Waals surface area (Å²) in [6, 6.07) is 5.51. The minimum absolute atomic E-state index is 0.126. The van der Waals surface area contributed by atoms with Crippen molar-refractivity contribution < 1.29 is 9.47 Å². The van der Waals surface area contributed by atoms with Gasteiger partial charge in [-0.1, -0.05) is 0 Å². The van der Waals surface area contributed by atoms with E-state index in [1.807, 2.05) is 25.1 Å². The average Bonchev–Trinajstić information content (AvgIpc) is 2.49. The number of hydrogen-bond donors (Lipinski definition) is 3. The van der Waals surface area contributed by atoms with Crippen molar-refractivity contribution in [1.29, 1.82) is 0 Å². The highest BCUT2D eigenvalue weighted by atomic mass is 16.5. The Hall–Kier alpha value is -2.54. The summed E-state index contributed by atoms with van der Waals surface area (Å²) >= 11 is 0. The van der Waals surface area contributed by atoms with Gasteiger partial charge >= 0.3 is 0 Å². The molecule has 0 atom stereocenters. The first-order valence-electron chi connectivity index (χ1n) is 6.54. The van der Waals surface area contributed by atoms with Gasteiger partial charge in [-0.3, -0.25) is 4.79 Å². The lowest BCUT2D eigenvalue weighted by Gasteiger charge is -2.13. The van der Waals surface area contributed by atoms with Gasteiger partial charge in [0, 0.05) is 17.8 Å². The Morgan fingerprint density at radius 1 is 1.43 bits per heavy atom. The van der Waals surface area contributed by atoms with Gasteiger partial charge in [-0.05, 0) is 25.1 Å². The number of aromatic nitrogens is 2. The summed E-state index contributed by atoms with van der Waals surface area (Å²) in [5, 5.41) is 3.04. The van der Waals surface area contributed by atoms with Gasteiger partial charge in [-0.2, -0.15) is 0 Å². The van der Waals surface area contributed by atoms with E-state index >= 15 is 0 Å². The Balaban J connectivity index is 2.32. The van der Waals surface area contributed by atoms with Crippen molar-refractivity contribution in [3.63, 3.8) is 0 Å². The minimum atomic E-state index is -0.347. The molecular formula is C14H18N4O3. The number of nitrogens with one attached hydrogen (secondary N) is 2. The quantitative estimate of drug-likeness (QED) is 0.742. The molecule has 0 unspecified atom stereocenters. The number of H-pyrrole nitrogens is 1. The summed E-state index contributed by atoms with van der Waals surface area (Å²) in [6.07, 6.45) is 1.31. The standard InChI is InChI=1S/C14H18N4O3/c1-3-21-11-5-4-10(6-9(11)7-15)18-13-12(20-2)14(19)17-8-16-13/h4-6,8H,3,7,15H2,1-2H3,(H2,16,17,18,19). The number of aromatic amines is 1. The molecule has 0 saturated heterocycles. The third-order valence-corrected chi connectivity index (χ3v) is 2.86. The van der Waals surface area contributed by atoms with Gasteiger partial charge in [0.05, 0.1) is 20.0 Å². The lowest BCUT2D eigenvalue weighted by atomic mass is 10.1. The molecule has 21 heavy (non-hydrogen) atoms. The van der Waals surface area contributed by atoms with Crippen LogP contribution in [0, 0.1) is 0 Å². The number of hydrogen-bond acceptors (Lipinski definition) is 6. The van der Waals surface area contributed by atoms with Crippen LogP contribution in [0.2, 0.25) is 0 Å². The van der Waals surface area contributed by atoms with E-state index in [1.54, 1.807) is 0 Å². The smallest absolute Gasteiger partial charge is 0.295 e. The fourth-order valence-corrected chi connectivity index (χ4v) is 1.92. The fourth-order valence-electron chi connectivity index (χ4n) is 1.92. The Bertz CT molecular complexity index is 670. The summed E-state index contributed by atoms with van der Waals surface area (Å²) in [5.74, 6) is 1.21. The number of methoxy groups -OCH3 is 1.